The Balaban J connectivity index is 1.67. The van der Waals surface area contributed by atoms with E-state index in [1.165, 1.54) is 23.2 Å². The average Bonchev–Trinajstić information content (AvgIpc) is 3.34. The Bertz CT molecular complexity index is 1010. The van der Waals surface area contributed by atoms with Gasteiger partial charge in [0.05, 0.1) is 18.8 Å². The van der Waals surface area contributed by atoms with Crippen molar-refractivity contribution < 1.29 is 19.0 Å². The summed E-state index contributed by atoms with van der Waals surface area (Å²) in [5.74, 6) is 0.301. The molecule has 4 heterocycles. The smallest absolute Gasteiger partial charge is 0.421 e. The molecule has 146 valence electrons. The SMILES string of the molecule is CC(CO)OC(=O)n1cnc2ccc(N3CCCC3c3cncc(F)c3)nc21. The quantitative estimate of drug-likeness (QED) is 0.738. The van der Waals surface area contributed by atoms with E-state index in [9.17, 15) is 9.18 Å². The molecular weight excluding hydrogens is 365 g/mol. The van der Waals surface area contributed by atoms with Gasteiger partial charge in [-0.05, 0) is 43.5 Å². The summed E-state index contributed by atoms with van der Waals surface area (Å²) in [6.45, 7) is 2.09. The predicted octanol–water partition coefficient (Wildman–Crippen LogP) is 2.67. The van der Waals surface area contributed by atoms with Crippen LogP contribution in [0.2, 0.25) is 0 Å². The van der Waals surface area contributed by atoms with E-state index in [0.29, 0.717) is 17.0 Å². The molecule has 1 N–H and O–H groups in total. The molecule has 3 aromatic rings. The fourth-order valence-electron chi connectivity index (χ4n) is 3.44. The molecule has 1 saturated heterocycles. The van der Waals surface area contributed by atoms with Crippen molar-refractivity contribution in [2.45, 2.75) is 31.9 Å². The van der Waals surface area contributed by atoms with E-state index in [-0.39, 0.29) is 18.5 Å². The number of anilines is 1. The molecule has 1 aliphatic rings. The number of hydrogen-bond acceptors (Lipinski definition) is 7. The maximum atomic E-state index is 13.6. The topological polar surface area (TPSA) is 93.4 Å². The summed E-state index contributed by atoms with van der Waals surface area (Å²) >= 11 is 0. The Morgan fingerprint density at radius 2 is 2.29 bits per heavy atom. The van der Waals surface area contributed by atoms with Crippen molar-refractivity contribution in [3.05, 3.63) is 48.3 Å². The summed E-state index contributed by atoms with van der Waals surface area (Å²) in [5.41, 5.74) is 1.72. The zero-order valence-electron chi connectivity index (χ0n) is 15.3. The second kappa shape index (κ2) is 7.51. The summed E-state index contributed by atoms with van der Waals surface area (Å²) in [6.07, 6.45) is 4.73. The molecule has 1 fully saturated rings. The van der Waals surface area contributed by atoms with Gasteiger partial charge in [-0.15, -0.1) is 0 Å². The van der Waals surface area contributed by atoms with Crippen LogP contribution in [0.4, 0.5) is 15.0 Å². The molecule has 28 heavy (non-hydrogen) atoms. The first kappa shape index (κ1) is 18.3. The molecule has 8 nitrogen and oxygen atoms in total. The van der Waals surface area contributed by atoms with E-state index in [2.05, 4.69) is 19.9 Å². The molecule has 0 radical (unpaired) electrons. The highest BCUT2D eigenvalue weighted by molar-refractivity contribution is 5.84. The van der Waals surface area contributed by atoms with Crippen LogP contribution in [0.3, 0.4) is 0 Å². The lowest BCUT2D eigenvalue weighted by molar-refractivity contribution is 0.0695. The third kappa shape index (κ3) is 3.40. The van der Waals surface area contributed by atoms with Crippen molar-refractivity contribution in [2.24, 2.45) is 0 Å². The van der Waals surface area contributed by atoms with Gasteiger partial charge in [-0.2, -0.15) is 0 Å². The van der Waals surface area contributed by atoms with Crippen molar-refractivity contribution in [1.29, 1.82) is 0 Å². The first-order valence-corrected chi connectivity index (χ1v) is 9.10. The lowest BCUT2D eigenvalue weighted by Gasteiger charge is -2.26. The van der Waals surface area contributed by atoms with Gasteiger partial charge in [0.2, 0.25) is 0 Å². The molecule has 2 unspecified atom stereocenters. The number of pyridine rings is 2. The van der Waals surface area contributed by atoms with E-state index < -0.39 is 12.2 Å². The molecule has 0 saturated carbocycles. The summed E-state index contributed by atoms with van der Waals surface area (Å²) < 4.78 is 20.0. The van der Waals surface area contributed by atoms with E-state index in [1.807, 2.05) is 6.07 Å². The van der Waals surface area contributed by atoms with Crippen LogP contribution in [-0.2, 0) is 4.74 Å². The van der Waals surface area contributed by atoms with E-state index in [1.54, 1.807) is 19.2 Å². The van der Waals surface area contributed by atoms with Gasteiger partial charge in [0.25, 0.3) is 0 Å². The van der Waals surface area contributed by atoms with Crippen molar-refractivity contribution >= 4 is 23.1 Å². The standard InChI is InChI=1S/C19H20FN5O3/c1-12(10-26)28-19(27)25-11-22-15-4-5-17(23-18(15)25)24-6-2-3-16(24)13-7-14(20)9-21-8-13/h4-5,7-9,11-12,16,26H,2-3,6,10H2,1H3. The van der Waals surface area contributed by atoms with E-state index in [0.717, 1.165) is 24.9 Å². The minimum absolute atomic E-state index is 0.0362. The Morgan fingerprint density at radius 1 is 1.43 bits per heavy atom. The number of hydrogen-bond donors (Lipinski definition) is 1. The molecule has 2 atom stereocenters. The zero-order chi connectivity index (χ0) is 19.7. The van der Waals surface area contributed by atoms with Crippen LogP contribution in [-0.4, -0.2) is 50.0 Å². The average molecular weight is 385 g/mol. The van der Waals surface area contributed by atoms with Crippen LogP contribution in [0.1, 0.15) is 31.4 Å². The van der Waals surface area contributed by atoms with Crippen LogP contribution in [0.15, 0.2) is 36.9 Å². The Hall–Kier alpha value is -3.07. The summed E-state index contributed by atoms with van der Waals surface area (Å²) in [7, 11) is 0. The molecule has 0 spiro atoms. The number of carbonyl (C=O) groups is 1. The molecule has 1 aliphatic heterocycles. The molecule has 0 amide bonds. The molecular formula is C19H20FN5O3. The third-order valence-electron chi connectivity index (χ3n) is 4.79. The van der Waals surface area contributed by atoms with Gasteiger partial charge < -0.3 is 14.7 Å². The first-order valence-electron chi connectivity index (χ1n) is 9.10. The fraction of sp³-hybridized carbons (Fsp3) is 0.368. The second-order valence-electron chi connectivity index (χ2n) is 6.79. The van der Waals surface area contributed by atoms with Gasteiger partial charge >= 0.3 is 6.09 Å². The van der Waals surface area contributed by atoms with Crippen LogP contribution in [0.5, 0.6) is 0 Å². The lowest BCUT2D eigenvalue weighted by Crippen LogP contribution is -2.25. The lowest BCUT2D eigenvalue weighted by atomic mass is 10.1. The highest BCUT2D eigenvalue weighted by Crippen LogP contribution is 2.35. The number of aliphatic hydroxyl groups excluding tert-OH is 1. The number of ether oxygens (including phenoxy) is 1. The Labute approximate surface area is 160 Å². The summed E-state index contributed by atoms with van der Waals surface area (Å²) in [5, 5.41) is 9.08. The minimum Gasteiger partial charge on any atom is -0.443 e. The van der Waals surface area contributed by atoms with Gasteiger partial charge in [-0.1, -0.05) is 0 Å². The van der Waals surface area contributed by atoms with Gasteiger partial charge in [-0.3, -0.25) is 4.98 Å². The maximum absolute atomic E-state index is 13.6. The highest BCUT2D eigenvalue weighted by atomic mass is 19.1. The predicted molar refractivity (Wildman–Crippen MR) is 99.5 cm³/mol. The van der Waals surface area contributed by atoms with Gasteiger partial charge in [0, 0.05) is 12.7 Å². The Kier molecular flexibility index (Phi) is 4.91. The number of rotatable bonds is 4. The molecule has 0 aromatic carbocycles. The number of nitrogens with zero attached hydrogens (tertiary/aromatic N) is 5. The fourth-order valence-corrected chi connectivity index (χ4v) is 3.44. The second-order valence-corrected chi connectivity index (χ2v) is 6.79. The molecule has 3 aromatic heterocycles. The highest BCUT2D eigenvalue weighted by Gasteiger charge is 2.28. The number of imidazole rings is 1. The van der Waals surface area contributed by atoms with Crippen molar-refractivity contribution in [2.75, 3.05) is 18.1 Å². The molecule has 9 heteroatoms. The van der Waals surface area contributed by atoms with E-state index >= 15 is 0 Å². The number of halogens is 1. The number of aliphatic hydroxyl groups is 1. The van der Waals surface area contributed by atoms with Crippen LogP contribution in [0.25, 0.3) is 11.2 Å². The van der Waals surface area contributed by atoms with Crippen molar-refractivity contribution in [3.8, 4) is 0 Å². The maximum Gasteiger partial charge on any atom is 0.421 e. The molecule has 0 aliphatic carbocycles. The van der Waals surface area contributed by atoms with Crippen LogP contribution >= 0.6 is 0 Å². The molecule has 4 rings (SSSR count). The summed E-state index contributed by atoms with van der Waals surface area (Å²) in [6, 6.07) is 5.08. The van der Waals surface area contributed by atoms with Crippen LogP contribution in [0, 0.1) is 5.82 Å². The number of fused-ring (bicyclic) bond motifs is 1. The zero-order valence-corrected chi connectivity index (χ0v) is 15.3. The third-order valence-corrected chi connectivity index (χ3v) is 4.79. The van der Waals surface area contributed by atoms with Crippen molar-refractivity contribution in [3.63, 3.8) is 0 Å². The number of carbonyl (C=O) groups excluding carboxylic acids is 1. The van der Waals surface area contributed by atoms with Gasteiger partial charge in [0.15, 0.2) is 5.65 Å². The first-order chi connectivity index (χ1) is 13.6. The van der Waals surface area contributed by atoms with Gasteiger partial charge in [-0.25, -0.2) is 23.7 Å². The van der Waals surface area contributed by atoms with Gasteiger partial charge in [0.1, 0.15) is 29.6 Å². The monoisotopic (exact) mass is 385 g/mol. The normalized spacial score (nSPS) is 17.8. The van der Waals surface area contributed by atoms with Crippen LogP contribution < -0.4 is 4.90 Å². The number of aromatic nitrogens is 4. The minimum atomic E-state index is -0.652. The molecule has 0 bridgehead atoms. The van der Waals surface area contributed by atoms with Crippen molar-refractivity contribution in [1.82, 2.24) is 19.5 Å². The summed E-state index contributed by atoms with van der Waals surface area (Å²) in [4.78, 5) is 27.2. The van der Waals surface area contributed by atoms with E-state index in [4.69, 9.17) is 9.84 Å². The Morgan fingerprint density at radius 3 is 3.07 bits per heavy atom. The largest absolute Gasteiger partial charge is 0.443 e.